The van der Waals surface area contributed by atoms with E-state index in [1.165, 1.54) is 18.2 Å². The Morgan fingerprint density at radius 2 is 2.00 bits per heavy atom. The Balaban J connectivity index is 1.50. The van der Waals surface area contributed by atoms with Crippen LogP contribution in [0.15, 0.2) is 30.3 Å². The lowest BCUT2D eigenvalue weighted by Crippen LogP contribution is -2.48. The zero-order valence-electron chi connectivity index (χ0n) is 17.3. The third-order valence-corrected chi connectivity index (χ3v) is 5.65. The molecule has 0 bridgehead atoms. The van der Waals surface area contributed by atoms with E-state index in [0.717, 1.165) is 23.6 Å². The summed E-state index contributed by atoms with van der Waals surface area (Å²) in [7, 11) is 0. The predicted octanol–water partition coefficient (Wildman–Crippen LogP) is 4.35. The lowest BCUT2D eigenvalue weighted by molar-refractivity contribution is 0.0434. The molecule has 0 atom stereocenters. The number of amides is 1. The molecule has 0 saturated carbocycles. The number of carbonyl (C=O) groups is 1. The number of aromatic nitrogens is 1. The van der Waals surface area contributed by atoms with E-state index in [4.69, 9.17) is 11.6 Å². The highest BCUT2D eigenvalue weighted by atomic mass is 35.5. The van der Waals surface area contributed by atoms with E-state index in [1.807, 2.05) is 26.0 Å². The van der Waals surface area contributed by atoms with Crippen LogP contribution in [0.1, 0.15) is 41.4 Å². The molecular weight excluding hydrogens is 410 g/mol. The highest BCUT2D eigenvalue weighted by Crippen LogP contribution is 2.27. The summed E-state index contributed by atoms with van der Waals surface area (Å²) in [5, 5.41) is 6.29. The maximum absolute atomic E-state index is 15.2. The number of pyridine rings is 1. The molecule has 1 aromatic carbocycles. The quantitative estimate of drug-likeness (QED) is 0.677. The number of halogens is 3. The second-order valence-corrected chi connectivity index (χ2v) is 8.08. The summed E-state index contributed by atoms with van der Waals surface area (Å²) in [5.41, 5.74) is 0.850. The Bertz CT molecular complexity index is 901. The number of rotatable bonds is 7. The molecule has 3 rings (SSSR count). The summed E-state index contributed by atoms with van der Waals surface area (Å²) in [6, 6.07) is 7.82. The summed E-state index contributed by atoms with van der Waals surface area (Å²) < 4.78 is 28.5. The summed E-state index contributed by atoms with van der Waals surface area (Å²) in [5.74, 6) is 0.0209. The summed E-state index contributed by atoms with van der Waals surface area (Å²) in [6.45, 7) is 6.08. The monoisotopic (exact) mass is 436 g/mol. The van der Waals surface area contributed by atoms with Crippen molar-refractivity contribution in [1.29, 1.82) is 0 Å². The summed E-state index contributed by atoms with van der Waals surface area (Å²) >= 11 is 5.76. The Morgan fingerprint density at radius 1 is 1.27 bits per heavy atom. The van der Waals surface area contributed by atoms with Crippen LogP contribution in [0.25, 0.3) is 0 Å². The molecular formula is C22H27ClF2N4O. The number of anilines is 1. The van der Waals surface area contributed by atoms with Crippen molar-refractivity contribution in [2.75, 3.05) is 31.5 Å². The minimum atomic E-state index is -1.38. The molecule has 0 unspecified atom stereocenters. The van der Waals surface area contributed by atoms with Crippen LogP contribution in [0.3, 0.4) is 0 Å². The minimum Gasteiger partial charge on any atom is -0.370 e. The first-order chi connectivity index (χ1) is 14.3. The third-order valence-electron chi connectivity index (χ3n) is 5.36. The van der Waals surface area contributed by atoms with Crippen LogP contribution in [0.5, 0.6) is 0 Å². The van der Waals surface area contributed by atoms with Crippen molar-refractivity contribution in [2.45, 2.75) is 38.9 Å². The molecule has 1 aliphatic heterocycles. The molecule has 8 heteroatoms. The van der Waals surface area contributed by atoms with E-state index in [-0.39, 0.29) is 30.3 Å². The van der Waals surface area contributed by atoms with Gasteiger partial charge in [0.25, 0.3) is 5.91 Å². The van der Waals surface area contributed by atoms with Gasteiger partial charge in [0.15, 0.2) is 0 Å². The summed E-state index contributed by atoms with van der Waals surface area (Å²) in [6.07, 6.45) is 0.481. The van der Waals surface area contributed by atoms with Crippen molar-refractivity contribution in [3.8, 4) is 0 Å². The van der Waals surface area contributed by atoms with Gasteiger partial charge in [0.2, 0.25) is 0 Å². The van der Waals surface area contributed by atoms with Gasteiger partial charge in [-0.15, -0.1) is 0 Å². The van der Waals surface area contributed by atoms with Gasteiger partial charge in [0.05, 0.1) is 10.7 Å². The molecule has 2 aromatic rings. The van der Waals surface area contributed by atoms with Crippen LogP contribution >= 0.6 is 11.6 Å². The van der Waals surface area contributed by atoms with Gasteiger partial charge in [-0.2, -0.15) is 0 Å². The average molecular weight is 437 g/mol. The number of likely N-dealkylation sites (tertiary alicyclic amines) is 1. The Labute approximate surface area is 180 Å². The first-order valence-electron chi connectivity index (χ1n) is 10.2. The van der Waals surface area contributed by atoms with Gasteiger partial charge >= 0.3 is 0 Å². The molecule has 1 fully saturated rings. The minimum absolute atomic E-state index is 0.0936. The topological polar surface area (TPSA) is 57.3 Å². The van der Waals surface area contributed by atoms with Crippen LogP contribution in [0.2, 0.25) is 5.02 Å². The molecule has 0 aliphatic carbocycles. The van der Waals surface area contributed by atoms with Gasteiger partial charge in [-0.05, 0) is 43.7 Å². The SMILES string of the molecule is CCNc1nc(CNCC2(F)CCN(C(=O)c3ccc(F)c(Cl)c3)CC2)ccc1C. The van der Waals surface area contributed by atoms with Gasteiger partial charge in [-0.1, -0.05) is 17.7 Å². The molecule has 1 aromatic heterocycles. The zero-order valence-corrected chi connectivity index (χ0v) is 18.0. The van der Waals surface area contributed by atoms with Crippen LogP contribution in [0, 0.1) is 12.7 Å². The van der Waals surface area contributed by atoms with Crippen molar-refractivity contribution in [1.82, 2.24) is 15.2 Å². The number of nitrogens with zero attached hydrogens (tertiary/aromatic N) is 2. The molecule has 5 nitrogen and oxygen atoms in total. The van der Waals surface area contributed by atoms with E-state index in [2.05, 4.69) is 15.6 Å². The largest absolute Gasteiger partial charge is 0.370 e. The fraction of sp³-hybridized carbons (Fsp3) is 0.455. The van der Waals surface area contributed by atoms with Gasteiger partial charge < -0.3 is 15.5 Å². The molecule has 1 amide bonds. The molecule has 162 valence electrons. The van der Waals surface area contributed by atoms with E-state index < -0.39 is 11.5 Å². The fourth-order valence-electron chi connectivity index (χ4n) is 3.53. The standard InChI is InChI=1S/C22H27ClF2N4O/c1-3-27-20-15(2)4-6-17(28-20)13-26-14-22(25)8-10-29(11-9-22)21(30)16-5-7-19(24)18(23)12-16/h4-7,12,26H,3,8-11,13-14H2,1-2H3,(H,27,28). The lowest BCUT2D eigenvalue weighted by atomic mass is 9.92. The van der Waals surface area contributed by atoms with Gasteiger partial charge in [-0.25, -0.2) is 13.8 Å². The van der Waals surface area contributed by atoms with Crippen molar-refractivity contribution in [3.63, 3.8) is 0 Å². The number of benzene rings is 1. The zero-order chi connectivity index (χ0) is 21.7. The first-order valence-corrected chi connectivity index (χ1v) is 10.5. The smallest absolute Gasteiger partial charge is 0.253 e. The number of nitrogens with one attached hydrogen (secondary N) is 2. The Morgan fingerprint density at radius 3 is 2.67 bits per heavy atom. The number of aryl methyl sites for hydroxylation is 1. The molecule has 1 aliphatic rings. The van der Waals surface area contributed by atoms with E-state index >= 15 is 4.39 Å². The van der Waals surface area contributed by atoms with Crippen molar-refractivity contribution in [3.05, 3.63) is 58.0 Å². The van der Waals surface area contributed by atoms with Crippen molar-refractivity contribution < 1.29 is 13.6 Å². The van der Waals surface area contributed by atoms with E-state index in [0.29, 0.717) is 25.2 Å². The van der Waals surface area contributed by atoms with Crippen LogP contribution in [-0.2, 0) is 6.54 Å². The average Bonchev–Trinajstić information content (AvgIpc) is 2.72. The van der Waals surface area contributed by atoms with Crippen molar-refractivity contribution in [2.24, 2.45) is 0 Å². The molecule has 30 heavy (non-hydrogen) atoms. The van der Waals surface area contributed by atoms with E-state index in [1.54, 1.807) is 4.90 Å². The number of carbonyl (C=O) groups excluding carboxylic acids is 1. The number of hydrogen-bond acceptors (Lipinski definition) is 4. The molecule has 2 N–H and O–H groups in total. The Kier molecular flexibility index (Phi) is 7.26. The van der Waals surface area contributed by atoms with Crippen LogP contribution < -0.4 is 10.6 Å². The van der Waals surface area contributed by atoms with Gasteiger partial charge in [-0.3, -0.25) is 4.79 Å². The predicted molar refractivity (Wildman–Crippen MR) is 115 cm³/mol. The second-order valence-electron chi connectivity index (χ2n) is 7.67. The summed E-state index contributed by atoms with van der Waals surface area (Å²) in [4.78, 5) is 18.7. The highest BCUT2D eigenvalue weighted by molar-refractivity contribution is 6.31. The van der Waals surface area contributed by atoms with E-state index in [9.17, 15) is 9.18 Å². The first kappa shape index (κ1) is 22.4. The van der Waals surface area contributed by atoms with Crippen molar-refractivity contribution >= 4 is 23.3 Å². The number of alkyl halides is 1. The lowest BCUT2D eigenvalue weighted by Gasteiger charge is -2.36. The fourth-order valence-corrected chi connectivity index (χ4v) is 3.71. The number of piperidine rings is 1. The maximum Gasteiger partial charge on any atom is 0.253 e. The Hall–Kier alpha value is -2.25. The molecule has 2 heterocycles. The van der Waals surface area contributed by atoms with Crippen LogP contribution in [-0.4, -0.2) is 47.6 Å². The highest BCUT2D eigenvalue weighted by Gasteiger charge is 2.36. The third kappa shape index (κ3) is 5.46. The number of hydrogen-bond donors (Lipinski definition) is 2. The molecule has 1 saturated heterocycles. The van der Waals surface area contributed by atoms with Gasteiger partial charge in [0, 0.05) is 51.1 Å². The second kappa shape index (κ2) is 9.71. The molecule has 0 radical (unpaired) electrons. The normalized spacial score (nSPS) is 15.8. The van der Waals surface area contributed by atoms with Gasteiger partial charge in [0.1, 0.15) is 17.3 Å². The van der Waals surface area contributed by atoms with Crippen LogP contribution in [0.4, 0.5) is 14.6 Å². The molecule has 0 spiro atoms. The maximum atomic E-state index is 15.2.